The SMILES string of the molecule is NC1(C(=O)Nc2ccc(OCC(F)(F)F)cc2)CCN(S(=O)(=O)c2ccccc2Cl)CC1. The summed E-state index contributed by atoms with van der Waals surface area (Å²) in [6, 6.07) is 11.5. The van der Waals surface area contributed by atoms with Crippen molar-refractivity contribution < 1.29 is 31.1 Å². The number of nitrogens with two attached hydrogens (primary N) is 1. The first-order valence-corrected chi connectivity index (χ1v) is 11.4. The van der Waals surface area contributed by atoms with E-state index < -0.39 is 34.3 Å². The molecule has 1 amide bonds. The van der Waals surface area contributed by atoms with Crippen LogP contribution in [0.5, 0.6) is 5.75 Å². The second-order valence-corrected chi connectivity index (χ2v) is 9.69. The Kier molecular flexibility index (Phi) is 7.03. The summed E-state index contributed by atoms with van der Waals surface area (Å²) >= 11 is 6.02. The van der Waals surface area contributed by atoms with E-state index in [2.05, 4.69) is 10.1 Å². The smallest absolute Gasteiger partial charge is 0.422 e. The Morgan fingerprint density at radius 2 is 1.72 bits per heavy atom. The van der Waals surface area contributed by atoms with Crippen LogP contribution in [0.3, 0.4) is 0 Å². The van der Waals surface area contributed by atoms with Gasteiger partial charge < -0.3 is 15.8 Å². The van der Waals surface area contributed by atoms with Gasteiger partial charge in [-0.3, -0.25) is 4.79 Å². The van der Waals surface area contributed by atoms with Crippen LogP contribution in [0, 0.1) is 0 Å². The van der Waals surface area contributed by atoms with Gasteiger partial charge >= 0.3 is 6.18 Å². The van der Waals surface area contributed by atoms with E-state index in [1.165, 1.54) is 40.7 Å². The first kappa shape index (κ1) is 24.3. The number of sulfonamides is 1. The van der Waals surface area contributed by atoms with Crippen molar-refractivity contribution in [3.8, 4) is 5.75 Å². The molecule has 2 aromatic carbocycles. The van der Waals surface area contributed by atoms with Gasteiger partial charge in [0.2, 0.25) is 15.9 Å². The number of nitrogens with zero attached hydrogens (tertiary/aromatic N) is 1. The van der Waals surface area contributed by atoms with Gasteiger partial charge in [0.15, 0.2) is 6.61 Å². The van der Waals surface area contributed by atoms with Gasteiger partial charge in [0.1, 0.15) is 10.6 Å². The summed E-state index contributed by atoms with van der Waals surface area (Å²) in [6.07, 6.45) is -4.29. The van der Waals surface area contributed by atoms with E-state index in [1.54, 1.807) is 12.1 Å². The quantitative estimate of drug-likeness (QED) is 0.645. The third kappa shape index (κ3) is 5.71. The summed E-state index contributed by atoms with van der Waals surface area (Å²) in [7, 11) is -3.83. The van der Waals surface area contributed by atoms with Crippen LogP contribution < -0.4 is 15.8 Å². The summed E-state index contributed by atoms with van der Waals surface area (Å²) in [5.74, 6) is -0.517. The molecule has 1 fully saturated rings. The third-order valence-electron chi connectivity index (χ3n) is 5.04. The summed E-state index contributed by atoms with van der Waals surface area (Å²) in [4.78, 5) is 12.7. The van der Waals surface area contributed by atoms with Crippen LogP contribution in [0.15, 0.2) is 53.4 Å². The van der Waals surface area contributed by atoms with Crippen LogP contribution in [0.2, 0.25) is 5.02 Å². The highest BCUT2D eigenvalue weighted by Crippen LogP contribution is 2.30. The van der Waals surface area contributed by atoms with Crippen LogP contribution >= 0.6 is 11.6 Å². The monoisotopic (exact) mass is 491 g/mol. The highest BCUT2D eigenvalue weighted by atomic mass is 35.5. The molecular formula is C20H21ClF3N3O4S. The zero-order valence-electron chi connectivity index (χ0n) is 16.7. The Morgan fingerprint density at radius 1 is 1.12 bits per heavy atom. The molecule has 12 heteroatoms. The summed E-state index contributed by atoms with van der Waals surface area (Å²) in [5, 5.41) is 2.72. The highest BCUT2D eigenvalue weighted by Gasteiger charge is 2.41. The average molecular weight is 492 g/mol. The van der Waals surface area contributed by atoms with Gasteiger partial charge in [0.05, 0.1) is 10.6 Å². The number of nitrogens with one attached hydrogen (secondary N) is 1. The normalized spacial score (nSPS) is 17.0. The number of rotatable bonds is 6. The minimum absolute atomic E-state index is 0.000809. The first-order chi connectivity index (χ1) is 14.9. The van der Waals surface area contributed by atoms with Crippen LogP contribution in [0.4, 0.5) is 18.9 Å². The number of anilines is 1. The molecular weight excluding hydrogens is 471 g/mol. The Morgan fingerprint density at radius 3 is 2.28 bits per heavy atom. The Balaban J connectivity index is 1.60. The van der Waals surface area contributed by atoms with E-state index >= 15 is 0 Å². The maximum atomic E-state index is 12.8. The topological polar surface area (TPSA) is 102 Å². The Hall–Kier alpha value is -2.34. The van der Waals surface area contributed by atoms with Gasteiger partial charge in [0.25, 0.3) is 0 Å². The number of benzene rings is 2. The predicted molar refractivity (Wildman–Crippen MR) is 113 cm³/mol. The molecule has 3 N–H and O–H groups in total. The van der Waals surface area contributed by atoms with E-state index in [9.17, 15) is 26.4 Å². The Labute approximate surface area is 188 Å². The van der Waals surface area contributed by atoms with E-state index in [-0.39, 0.29) is 41.6 Å². The standard InChI is InChI=1S/C20H21ClF3N3O4S/c21-16-3-1-2-4-17(16)32(29,30)27-11-9-19(25,10-12-27)18(28)26-14-5-7-15(8-6-14)31-13-20(22,23)24/h1-8H,9-13,25H2,(H,26,28). The molecule has 32 heavy (non-hydrogen) atoms. The lowest BCUT2D eigenvalue weighted by molar-refractivity contribution is -0.153. The molecule has 0 atom stereocenters. The van der Waals surface area contributed by atoms with E-state index in [0.29, 0.717) is 5.69 Å². The van der Waals surface area contributed by atoms with Crippen LogP contribution in [0.1, 0.15) is 12.8 Å². The van der Waals surface area contributed by atoms with Crippen molar-refractivity contribution in [1.82, 2.24) is 4.31 Å². The molecule has 2 aromatic rings. The van der Waals surface area contributed by atoms with Crippen molar-refractivity contribution in [3.63, 3.8) is 0 Å². The van der Waals surface area contributed by atoms with Crippen molar-refractivity contribution in [1.29, 1.82) is 0 Å². The maximum absolute atomic E-state index is 12.8. The van der Waals surface area contributed by atoms with E-state index in [1.807, 2.05) is 0 Å². The van der Waals surface area contributed by atoms with Crippen molar-refractivity contribution in [2.45, 2.75) is 29.5 Å². The van der Waals surface area contributed by atoms with Crippen molar-refractivity contribution in [2.24, 2.45) is 5.73 Å². The minimum Gasteiger partial charge on any atom is -0.484 e. The number of piperidine rings is 1. The molecule has 0 saturated carbocycles. The fraction of sp³-hybridized carbons (Fsp3) is 0.350. The number of amides is 1. The van der Waals surface area contributed by atoms with Crippen molar-refractivity contribution in [3.05, 3.63) is 53.6 Å². The molecule has 7 nitrogen and oxygen atoms in total. The van der Waals surface area contributed by atoms with E-state index in [4.69, 9.17) is 17.3 Å². The summed E-state index contributed by atoms with van der Waals surface area (Å²) in [6.45, 7) is -1.36. The molecule has 0 spiro atoms. The van der Waals surface area contributed by atoms with Gasteiger partial charge in [-0.25, -0.2) is 8.42 Å². The number of alkyl halides is 3. The zero-order chi connectivity index (χ0) is 23.6. The average Bonchev–Trinajstić information content (AvgIpc) is 2.73. The lowest BCUT2D eigenvalue weighted by Gasteiger charge is -2.37. The molecule has 0 aromatic heterocycles. The number of ether oxygens (including phenoxy) is 1. The number of hydrogen-bond donors (Lipinski definition) is 2. The fourth-order valence-corrected chi connectivity index (χ4v) is 5.14. The highest BCUT2D eigenvalue weighted by molar-refractivity contribution is 7.89. The number of carbonyl (C=O) groups is 1. The molecule has 0 radical (unpaired) electrons. The van der Waals surface area contributed by atoms with Crippen LogP contribution in [0.25, 0.3) is 0 Å². The van der Waals surface area contributed by atoms with E-state index in [0.717, 1.165) is 0 Å². The van der Waals surface area contributed by atoms with Gasteiger partial charge in [0, 0.05) is 18.8 Å². The second kappa shape index (κ2) is 9.26. The molecule has 3 rings (SSSR count). The molecule has 1 aliphatic heterocycles. The van der Waals surface area contributed by atoms with Crippen molar-refractivity contribution >= 4 is 33.2 Å². The lowest BCUT2D eigenvalue weighted by Crippen LogP contribution is -2.58. The Bertz CT molecular complexity index is 1070. The summed E-state index contributed by atoms with van der Waals surface area (Å²) < 4.78 is 68.2. The largest absolute Gasteiger partial charge is 0.484 e. The number of hydrogen-bond acceptors (Lipinski definition) is 5. The molecule has 0 unspecified atom stereocenters. The maximum Gasteiger partial charge on any atom is 0.422 e. The fourth-order valence-electron chi connectivity index (χ4n) is 3.20. The summed E-state index contributed by atoms with van der Waals surface area (Å²) in [5.41, 5.74) is 5.26. The molecule has 1 heterocycles. The molecule has 0 bridgehead atoms. The molecule has 174 valence electrons. The van der Waals surface area contributed by atoms with Gasteiger partial charge in [-0.15, -0.1) is 0 Å². The van der Waals surface area contributed by atoms with Gasteiger partial charge in [-0.2, -0.15) is 17.5 Å². The number of halogens is 4. The van der Waals surface area contributed by atoms with Gasteiger partial charge in [-0.1, -0.05) is 23.7 Å². The first-order valence-electron chi connectivity index (χ1n) is 9.55. The molecule has 0 aliphatic carbocycles. The predicted octanol–water partition coefficient (Wildman–Crippen LogP) is 3.40. The van der Waals surface area contributed by atoms with Gasteiger partial charge in [-0.05, 0) is 49.2 Å². The number of carbonyl (C=O) groups excluding carboxylic acids is 1. The molecule has 1 aliphatic rings. The second-order valence-electron chi connectivity index (χ2n) is 7.37. The van der Waals surface area contributed by atoms with Crippen LogP contribution in [-0.4, -0.2) is 50.0 Å². The lowest BCUT2D eigenvalue weighted by atomic mass is 9.88. The molecule has 1 saturated heterocycles. The zero-order valence-corrected chi connectivity index (χ0v) is 18.3. The van der Waals surface area contributed by atoms with Crippen LogP contribution in [-0.2, 0) is 14.8 Å². The minimum atomic E-state index is -4.45. The third-order valence-corrected chi connectivity index (χ3v) is 7.43. The van der Waals surface area contributed by atoms with Crippen molar-refractivity contribution in [2.75, 3.05) is 25.0 Å².